The molecule has 0 unspecified atom stereocenters. The first-order valence-electron chi connectivity index (χ1n) is 9.40. The van der Waals surface area contributed by atoms with Gasteiger partial charge in [0.2, 0.25) is 0 Å². The zero-order chi connectivity index (χ0) is 26.1. The number of carbonyl (C=O) groups excluding carboxylic acids is 1. The molecule has 8 nitrogen and oxygen atoms in total. The molecular weight excluding hydrogens is 531 g/mol. The van der Waals surface area contributed by atoms with Crippen molar-refractivity contribution in [2.75, 3.05) is 5.32 Å². The van der Waals surface area contributed by atoms with Crippen molar-refractivity contribution in [1.82, 2.24) is 15.2 Å². The quantitative estimate of drug-likeness (QED) is 0.210. The summed E-state index contributed by atoms with van der Waals surface area (Å²) in [6.07, 6.45) is -6.06. The minimum absolute atomic E-state index is 0.231. The molecule has 2 aromatic rings. The number of halogens is 8. The van der Waals surface area contributed by atoms with Crippen LogP contribution in [0.5, 0.6) is 0 Å². The fourth-order valence-corrected chi connectivity index (χ4v) is 3.36. The van der Waals surface area contributed by atoms with E-state index in [1.165, 1.54) is 12.1 Å². The van der Waals surface area contributed by atoms with Crippen molar-refractivity contribution in [3.05, 3.63) is 57.5 Å². The van der Waals surface area contributed by atoms with Gasteiger partial charge in [-0.1, -0.05) is 35.3 Å². The number of hydrazone groups is 1. The number of hydrogen-bond acceptors (Lipinski definition) is 5. The van der Waals surface area contributed by atoms with Crippen molar-refractivity contribution in [3.63, 3.8) is 0 Å². The van der Waals surface area contributed by atoms with Gasteiger partial charge in [-0.15, -0.1) is 0 Å². The fraction of sp³-hybridized carbons (Fsp3) is 0.263. The second-order valence-electron chi connectivity index (χ2n) is 7.15. The van der Waals surface area contributed by atoms with Crippen molar-refractivity contribution in [2.45, 2.75) is 30.6 Å². The van der Waals surface area contributed by atoms with Gasteiger partial charge in [-0.25, -0.2) is 19.3 Å². The molecule has 3 rings (SSSR count). The molecule has 0 saturated carbocycles. The van der Waals surface area contributed by atoms with E-state index in [1.807, 2.05) is 5.43 Å². The normalized spacial score (nSPS) is 19.1. The maximum absolute atomic E-state index is 14.4. The van der Waals surface area contributed by atoms with Crippen LogP contribution >= 0.6 is 23.2 Å². The highest BCUT2D eigenvalue weighted by atomic mass is 35.5. The Bertz CT molecular complexity index is 1200. The van der Waals surface area contributed by atoms with Crippen LogP contribution in [-0.4, -0.2) is 45.1 Å². The summed E-state index contributed by atoms with van der Waals surface area (Å²) in [4.78, 5) is 23.0. The first kappa shape index (κ1) is 26.3. The van der Waals surface area contributed by atoms with Crippen LogP contribution in [0, 0.1) is 5.82 Å². The van der Waals surface area contributed by atoms with Crippen LogP contribution in [0.3, 0.4) is 0 Å². The van der Waals surface area contributed by atoms with E-state index in [9.17, 15) is 35.9 Å². The molecule has 16 heteroatoms. The van der Waals surface area contributed by atoms with E-state index < -0.39 is 64.1 Å². The first-order valence-corrected chi connectivity index (χ1v) is 10.2. The number of nitrogens with one attached hydrogen (secondary N) is 2. The highest BCUT2D eigenvalue weighted by molar-refractivity contribution is 6.51. The van der Waals surface area contributed by atoms with Gasteiger partial charge >= 0.3 is 18.1 Å². The third kappa shape index (κ3) is 5.53. The molecule has 2 atom stereocenters. The van der Waals surface area contributed by atoms with Crippen LogP contribution in [0.2, 0.25) is 0 Å². The Kier molecular flexibility index (Phi) is 7.36. The summed E-state index contributed by atoms with van der Waals surface area (Å²) in [7, 11) is 0. The number of benzene rings is 1. The van der Waals surface area contributed by atoms with Crippen LogP contribution < -0.4 is 10.7 Å². The highest BCUT2D eigenvalue weighted by Gasteiger charge is 2.64. The molecule has 0 aliphatic carbocycles. The number of allylic oxidation sites excluding steroid dienone is 1. The summed E-state index contributed by atoms with van der Waals surface area (Å²) in [6, 6.07) is 1.79. The number of anilines is 1. The van der Waals surface area contributed by atoms with Crippen molar-refractivity contribution >= 4 is 47.1 Å². The second-order valence-corrected chi connectivity index (χ2v) is 7.93. The monoisotopic (exact) mass is 543 g/mol. The predicted molar refractivity (Wildman–Crippen MR) is 112 cm³/mol. The molecule has 1 aliphatic heterocycles. The summed E-state index contributed by atoms with van der Waals surface area (Å²) < 4.78 is 82.0. The van der Waals surface area contributed by atoms with Gasteiger partial charge in [-0.2, -0.15) is 32.2 Å². The van der Waals surface area contributed by atoms with E-state index in [2.05, 4.69) is 15.5 Å². The number of carboxylic acids is 1. The molecule has 35 heavy (non-hydrogen) atoms. The Hall–Kier alpha value is -3.26. The van der Waals surface area contributed by atoms with Gasteiger partial charge in [0, 0.05) is 12.5 Å². The molecule has 188 valence electrons. The van der Waals surface area contributed by atoms with Crippen molar-refractivity contribution in [2.24, 2.45) is 5.10 Å². The lowest BCUT2D eigenvalue weighted by molar-refractivity contribution is -0.301. The standard InChI is InChI=1S/C19H13Cl2F6N5O3/c20-10(15(21)17(34)35)7-28-30-16(33)12-6-14-29-11(8-1-3-9(22)4-2-8)5-13(32(14)31-12)18(23,24)19(25,26)27/h1-4,6-7,11,13,29H,5H2,(H,30,33)(H,34,35)/b15-10+,28-7-/t11-,13-/m1/s1. The lowest BCUT2D eigenvalue weighted by atomic mass is 9.93. The van der Waals surface area contributed by atoms with Gasteiger partial charge in [0.05, 0.1) is 17.3 Å². The zero-order valence-corrected chi connectivity index (χ0v) is 18.5. The van der Waals surface area contributed by atoms with Gasteiger partial charge in [0.15, 0.2) is 5.69 Å². The molecule has 0 saturated heterocycles. The van der Waals surface area contributed by atoms with E-state index in [0.29, 0.717) is 10.9 Å². The molecule has 0 radical (unpaired) electrons. The topological polar surface area (TPSA) is 109 Å². The van der Waals surface area contributed by atoms with Crippen molar-refractivity contribution in [3.8, 4) is 0 Å². The molecule has 1 aromatic carbocycles. The Labute approximate surface area is 202 Å². The molecule has 0 spiro atoms. The number of nitrogens with zero attached hydrogens (tertiary/aromatic N) is 3. The summed E-state index contributed by atoms with van der Waals surface area (Å²) in [5.41, 5.74) is 1.52. The summed E-state index contributed by atoms with van der Waals surface area (Å²) in [5, 5.41) is 17.0. The predicted octanol–water partition coefficient (Wildman–Crippen LogP) is 4.81. The van der Waals surface area contributed by atoms with Crippen LogP contribution in [0.4, 0.5) is 32.2 Å². The lowest BCUT2D eigenvalue weighted by Crippen LogP contribution is -2.47. The van der Waals surface area contributed by atoms with Crippen LogP contribution in [0.25, 0.3) is 0 Å². The van der Waals surface area contributed by atoms with Crippen molar-refractivity contribution < 1.29 is 41.0 Å². The molecule has 1 amide bonds. The maximum atomic E-state index is 14.4. The number of carboxylic acid groups (broad SMARTS) is 1. The minimum Gasteiger partial charge on any atom is -0.477 e. The molecule has 3 N–H and O–H groups in total. The van der Waals surface area contributed by atoms with Crippen molar-refractivity contribution in [1.29, 1.82) is 0 Å². The van der Waals surface area contributed by atoms with Gasteiger partial charge in [0.1, 0.15) is 22.7 Å². The van der Waals surface area contributed by atoms with Gasteiger partial charge in [-0.05, 0) is 17.7 Å². The number of amides is 1. The Morgan fingerprint density at radius 3 is 2.40 bits per heavy atom. The molecule has 1 aliphatic rings. The summed E-state index contributed by atoms with van der Waals surface area (Å²) in [6.45, 7) is 0. The number of aromatic nitrogens is 2. The number of hydrogen-bond donors (Lipinski definition) is 3. The highest BCUT2D eigenvalue weighted by Crippen LogP contribution is 2.50. The smallest absolute Gasteiger partial charge is 0.455 e. The number of aliphatic carboxylic acids is 1. The fourth-order valence-electron chi connectivity index (χ4n) is 3.18. The summed E-state index contributed by atoms with van der Waals surface area (Å²) in [5.74, 6) is -8.90. The number of fused-ring (bicyclic) bond motifs is 1. The SMILES string of the molecule is O=C(O)/C(Cl)=C(Cl)/C=N\NC(=O)c1cc2n(n1)[C@@H](C(F)(F)C(F)(F)F)C[C@H](c1ccc(F)cc1)N2. The molecule has 2 heterocycles. The largest absolute Gasteiger partial charge is 0.477 e. The van der Waals surface area contributed by atoms with Crippen LogP contribution in [0.1, 0.15) is 34.6 Å². The minimum atomic E-state index is -5.93. The summed E-state index contributed by atoms with van der Waals surface area (Å²) >= 11 is 10.9. The Balaban J connectivity index is 1.93. The van der Waals surface area contributed by atoms with E-state index in [4.69, 9.17) is 28.3 Å². The third-order valence-electron chi connectivity index (χ3n) is 4.85. The molecular formula is C19H13Cl2F6N5O3. The second kappa shape index (κ2) is 9.77. The third-order valence-corrected chi connectivity index (χ3v) is 5.60. The van der Waals surface area contributed by atoms with E-state index in [0.717, 1.165) is 18.2 Å². The molecule has 0 fully saturated rings. The number of carbonyl (C=O) groups is 2. The average Bonchev–Trinajstić information content (AvgIpc) is 3.21. The average molecular weight is 544 g/mol. The zero-order valence-electron chi connectivity index (χ0n) is 17.0. The van der Waals surface area contributed by atoms with Gasteiger partial charge in [-0.3, -0.25) is 4.79 Å². The van der Waals surface area contributed by atoms with Crippen LogP contribution in [-0.2, 0) is 4.79 Å². The van der Waals surface area contributed by atoms with E-state index in [1.54, 1.807) is 0 Å². The Morgan fingerprint density at radius 2 is 1.83 bits per heavy atom. The Morgan fingerprint density at radius 1 is 1.20 bits per heavy atom. The molecule has 0 bridgehead atoms. The first-order chi connectivity index (χ1) is 16.2. The molecule has 1 aromatic heterocycles. The van der Waals surface area contributed by atoms with Gasteiger partial charge < -0.3 is 10.4 Å². The number of alkyl halides is 5. The number of rotatable bonds is 6. The maximum Gasteiger partial charge on any atom is 0.455 e. The van der Waals surface area contributed by atoms with Crippen LogP contribution in [0.15, 0.2) is 45.5 Å². The van der Waals surface area contributed by atoms with E-state index >= 15 is 0 Å². The van der Waals surface area contributed by atoms with E-state index in [-0.39, 0.29) is 11.4 Å². The van der Waals surface area contributed by atoms with Gasteiger partial charge in [0.25, 0.3) is 5.91 Å². The lowest BCUT2D eigenvalue weighted by Gasteiger charge is -2.37.